The summed E-state index contributed by atoms with van der Waals surface area (Å²) in [6.45, 7) is 2.45. The van der Waals surface area contributed by atoms with E-state index >= 15 is 0 Å². The summed E-state index contributed by atoms with van der Waals surface area (Å²) in [5.74, 6) is 1.31. The number of rotatable bonds is 8. The molecule has 0 fully saturated rings. The van der Waals surface area contributed by atoms with E-state index < -0.39 is 10.0 Å². The molecule has 0 aliphatic rings. The molecular weight excluding hydrogens is 358 g/mol. The van der Waals surface area contributed by atoms with Crippen LogP contribution >= 0.6 is 0 Å². The van der Waals surface area contributed by atoms with E-state index in [-0.39, 0.29) is 4.90 Å². The molecule has 3 aromatic carbocycles. The zero-order valence-electron chi connectivity index (χ0n) is 15.3. The molecule has 0 unspecified atom stereocenters. The molecule has 0 bridgehead atoms. The lowest BCUT2D eigenvalue weighted by Crippen LogP contribution is -2.25. The normalized spacial score (nSPS) is 11.3. The highest BCUT2D eigenvalue weighted by Gasteiger charge is 2.13. The van der Waals surface area contributed by atoms with Gasteiger partial charge in [0.25, 0.3) is 0 Å². The molecule has 3 rings (SSSR count). The van der Waals surface area contributed by atoms with Crippen LogP contribution in [0.15, 0.2) is 83.8 Å². The molecule has 27 heavy (non-hydrogen) atoms. The number of hydrogen-bond donors (Lipinski definition) is 1. The Morgan fingerprint density at radius 2 is 1.56 bits per heavy atom. The average molecular weight is 381 g/mol. The molecule has 0 heterocycles. The molecule has 0 amide bonds. The van der Waals surface area contributed by atoms with Crippen LogP contribution in [0.1, 0.15) is 17.5 Å². The van der Waals surface area contributed by atoms with Gasteiger partial charge in [-0.25, -0.2) is 13.1 Å². The van der Waals surface area contributed by atoms with Crippen molar-refractivity contribution in [1.82, 2.24) is 4.72 Å². The highest BCUT2D eigenvalue weighted by Crippen LogP contribution is 2.22. The molecule has 0 radical (unpaired) electrons. The summed E-state index contributed by atoms with van der Waals surface area (Å²) in [5.41, 5.74) is 2.43. The molecular formula is C22H23NO3S. The number of sulfonamides is 1. The first-order chi connectivity index (χ1) is 13.0. The SMILES string of the molecule is Cc1cccc(CCCNS(=O)(=O)c2ccc(Oc3ccccc3)cc2)c1. The minimum Gasteiger partial charge on any atom is -0.457 e. The van der Waals surface area contributed by atoms with Crippen LogP contribution in [-0.4, -0.2) is 15.0 Å². The van der Waals surface area contributed by atoms with Gasteiger partial charge in [0, 0.05) is 6.54 Å². The third kappa shape index (κ3) is 5.67. The zero-order valence-corrected chi connectivity index (χ0v) is 16.1. The van der Waals surface area contributed by atoms with Crippen LogP contribution in [0, 0.1) is 6.92 Å². The van der Waals surface area contributed by atoms with Crippen LogP contribution in [0.5, 0.6) is 11.5 Å². The molecule has 0 spiro atoms. The minimum absolute atomic E-state index is 0.235. The number of nitrogens with one attached hydrogen (secondary N) is 1. The van der Waals surface area contributed by atoms with Crippen LogP contribution < -0.4 is 9.46 Å². The lowest BCUT2D eigenvalue weighted by atomic mass is 10.1. The summed E-state index contributed by atoms with van der Waals surface area (Å²) in [7, 11) is -3.52. The van der Waals surface area contributed by atoms with E-state index in [9.17, 15) is 8.42 Å². The Morgan fingerprint density at radius 1 is 0.852 bits per heavy atom. The topological polar surface area (TPSA) is 55.4 Å². The zero-order chi connectivity index (χ0) is 19.1. The maximum Gasteiger partial charge on any atom is 0.240 e. The van der Waals surface area contributed by atoms with Crippen molar-refractivity contribution in [2.24, 2.45) is 0 Å². The van der Waals surface area contributed by atoms with Crippen LogP contribution in [0.25, 0.3) is 0 Å². The predicted octanol–water partition coefficient (Wildman–Crippen LogP) is 4.70. The first-order valence-electron chi connectivity index (χ1n) is 8.91. The van der Waals surface area contributed by atoms with Crippen molar-refractivity contribution in [3.63, 3.8) is 0 Å². The number of benzene rings is 3. The van der Waals surface area contributed by atoms with Gasteiger partial charge in [0.05, 0.1) is 4.90 Å². The van der Waals surface area contributed by atoms with Gasteiger partial charge in [0.15, 0.2) is 0 Å². The van der Waals surface area contributed by atoms with Crippen molar-refractivity contribution in [3.8, 4) is 11.5 Å². The van der Waals surface area contributed by atoms with Gasteiger partial charge in [-0.05, 0) is 61.7 Å². The number of ether oxygens (including phenoxy) is 1. The standard InChI is InChI=1S/C22H23NO3S/c1-18-7-5-8-19(17-18)9-6-16-23-27(24,25)22-14-12-21(13-15-22)26-20-10-3-2-4-11-20/h2-5,7-8,10-15,17,23H,6,9,16H2,1H3. The van der Waals surface area contributed by atoms with E-state index in [0.29, 0.717) is 18.0 Å². The molecule has 3 aromatic rings. The molecule has 0 aromatic heterocycles. The maximum atomic E-state index is 12.4. The first kappa shape index (κ1) is 19.1. The van der Waals surface area contributed by atoms with Crippen molar-refractivity contribution in [2.45, 2.75) is 24.7 Å². The number of para-hydroxylation sites is 1. The molecule has 5 heteroatoms. The average Bonchev–Trinajstić information content (AvgIpc) is 2.67. The second-order valence-electron chi connectivity index (χ2n) is 6.38. The van der Waals surface area contributed by atoms with Crippen molar-refractivity contribution >= 4 is 10.0 Å². The Kier molecular flexibility index (Phi) is 6.27. The lowest BCUT2D eigenvalue weighted by Gasteiger charge is -2.09. The number of hydrogen-bond acceptors (Lipinski definition) is 3. The van der Waals surface area contributed by atoms with E-state index in [4.69, 9.17) is 4.74 Å². The number of aryl methyl sites for hydroxylation is 2. The summed E-state index contributed by atoms with van der Waals surface area (Å²) in [6.07, 6.45) is 1.59. The van der Waals surface area contributed by atoms with Crippen molar-refractivity contribution in [3.05, 3.63) is 90.0 Å². The summed E-state index contributed by atoms with van der Waals surface area (Å²) >= 11 is 0. The third-order valence-corrected chi connectivity index (χ3v) is 5.61. The van der Waals surface area contributed by atoms with Gasteiger partial charge in [-0.3, -0.25) is 0 Å². The van der Waals surface area contributed by atoms with Crippen molar-refractivity contribution in [1.29, 1.82) is 0 Å². The molecule has 4 nitrogen and oxygen atoms in total. The van der Waals surface area contributed by atoms with Gasteiger partial charge in [-0.1, -0.05) is 48.0 Å². The summed E-state index contributed by atoms with van der Waals surface area (Å²) in [6, 6.07) is 24.1. The molecule has 0 aliphatic heterocycles. The van der Waals surface area contributed by atoms with Crippen LogP contribution in [0.4, 0.5) is 0 Å². The molecule has 0 aliphatic carbocycles. The van der Waals surface area contributed by atoms with E-state index in [1.54, 1.807) is 24.3 Å². The van der Waals surface area contributed by atoms with Gasteiger partial charge < -0.3 is 4.74 Å². The fourth-order valence-electron chi connectivity index (χ4n) is 2.76. The Labute approximate surface area is 160 Å². The van der Waals surface area contributed by atoms with E-state index in [2.05, 4.69) is 29.8 Å². The monoisotopic (exact) mass is 381 g/mol. The van der Waals surface area contributed by atoms with Gasteiger partial charge in [0.1, 0.15) is 11.5 Å². The lowest BCUT2D eigenvalue weighted by molar-refractivity contribution is 0.482. The Balaban J connectivity index is 1.53. The first-order valence-corrected chi connectivity index (χ1v) is 10.4. The second kappa shape index (κ2) is 8.84. The molecule has 0 atom stereocenters. The summed E-state index contributed by atoms with van der Waals surface area (Å²) < 4.78 is 33.2. The van der Waals surface area contributed by atoms with Crippen molar-refractivity contribution < 1.29 is 13.2 Å². The van der Waals surface area contributed by atoms with Gasteiger partial charge in [0.2, 0.25) is 10.0 Å². The van der Waals surface area contributed by atoms with Crippen LogP contribution in [-0.2, 0) is 16.4 Å². The maximum absolute atomic E-state index is 12.4. The Morgan fingerprint density at radius 3 is 2.26 bits per heavy atom. The highest BCUT2D eigenvalue weighted by atomic mass is 32.2. The second-order valence-corrected chi connectivity index (χ2v) is 8.14. The summed E-state index contributed by atoms with van der Waals surface area (Å²) in [5, 5.41) is 0. The molecule has 140 valence electrons. The fraction of sp³-hybridized carbons (Fsp3) is 0.182. The summed E-state index contributed by atoms with van der Waals surface area (Å²) in [4.78, 5) is 0.235. The van der Waals surface area contributed by atoms with E-state index in [0.717, 1.165) is 12.8 Å². The van der Waals surface area contributed by atoms with Crippen LogP contribution in [0.2, 0.25) is 0 Å². The van der Waals surface area contributed by atoms with E-state index in [1.807, 2.05) is 36.4 Å². The minimum atomic E-state index is -3.52. The van der Waals surface area contributed by atoms with Crippen molar-refractivity contribution in [2.75, 3.05) is 6.54 Å². The largest absolute Gasteiger partial charge is 0.457 e. The molecule has 0 saturated carbocycles. The third-order valence-electron chi connectivity index (χ3n) is 4.13. The fourth-order valence-corrected chi connectivity index (χ4v) is 3.84. The van der Waals surface area contributed by atoms with Crippen LogP contribution in [0.3, 0.4) is 0 Å². The smallest absolute Gasteiger partial charge is 0.240 e. The van der Waals surface area contributed by atoms with Gasteiger partial charge in [-0.2, -0.15) is 0 Å². The van der Waals surface area contributed by atoms with E-state index in [1.165, 1.54) is 11.1 Å². The Bertz CT molecular complexity index is 968. The molecule has 0 saturated heterocycles. The molecule has 1 N–H and O–H groups in total. The van der Waals surface area contributed by atoms with Gasteiger partial charge in [-0.15, -0.1) is 0 Å². The quantitative estimate of drug-likeness (QED) is 0.576. The predicted molar refractivity (Wildman–Crippen MR) is 108 cm³/mol. The highest BCUT2D eigenvalue weighted by molar-refractivity contribution is 7.89. The Hall–Kier alpha value is -2.63. The van der Waals surface area contributed by atoms with Gasteiger partial charge >= 0.3 is 0 Å².